The molecule has 1 aliphatic rings. The van der Waals surface area contributed by atoms with Crippen molar-refractivity contribution >= 4 is 15.9 Å². The Hall–Kier alpha value is -1.41. The third kappa shape index (κ3) is 3.26. The van der Waals surface area contributed by atoms with Crippen LogP contribution in [-0.2, 0) is 14.8 Å². The number of aromatic nitrogens is 1. The number of hydrogen-bond donors (Lipinski definition) is 1. The number of sulfonamides is 1. The molecule has 0 spiro atoms. The SMILES string of the molecule is Cc1noc(C)c1S(=O)(=O)NCC1CC(=O)N(C(C)C)C1. The fourth-order valence-corrected chi connectivity index (χ4v) is 4.04. The number of nitrogens with one attached hydrogen (secondary N) is 1. The molecule has 0 aromatic carbocycles. The number of likely N-dealkylation sites (tertiary alicyclic amines) is 1. The third-order valence-electron chi connectivity index (χ3n) is 3.66. The second-order valence-corrected chi connectivity index (χ2v) is 7.42. The molecule has 118 valence electrons. The molecule has 8 heteroatoms. The van der Waals surface area contributed by atoms with Crippen LogP contribution in [0.25, 0.3) is 0 Å². The molecule has 7 nitrogen and oxygen atoms in total. The average molecular weight is 315 g/mol. The van der Waals surface area contributed by atoms with Gasteiger partial charge in [-0.3, -0.25) is 4.79 Å². The molecular weight excluding hydrogens is 294 g/mol. The van der Waals surface area contributed by atoms with Crippen molar-refractivity contribution in [2.75, 3.05) is 13.1 Å². The van der Waals surface area contributed by atoms with Gasteiger partial charge in [-0.25, -0.2) is 13.1 Å². The van der Waals surface area contributed by atoms with Crippen molar-refractivity contribution < 1.29 is 17.7 Å². The van der Waals surface area contributed by atoms with E-state index in [1.54, 1.807) is 18.7 Å². The van der Waals surface area contributed by atoms with Gasteiger partial charge < -0.3 is 9.42 Å². The molecule has 1 saturated heterocycles. The Balaban J connectivity index is 2.02. The maximum absolute atomic E-state index is 12.3. The molecule has 1 amide bonds. The first-order valence-corrected chi connectivity index (χ1v) is 8.42. The maximum Gasteiger partial charge on any atom is 0.245 e. The summed E-state index contributed by atoms with van der Waals surface area (Å²) < 4.78 is 32.0. The summed E-state index contributed by atoms with van der Waals surface area (Å²) in [6.07, 6.45) is 0.377. The van der Waals surface area contributed by atoms with Crippen molar-refractivity contribution in [2.24, 2.45) is 5.92 Å². The summed E-state index contributed by atoms with van der Waals surface area (Å²) in [4.78, 5) is 13.7. The Labute approximate surface area is 124 Å². The largest absolute Gasteiger partial charge is 0.360 e. The van der Waals surface area contributed by atoms with Crippen LogP contribution in [0.5, 0.6) is 0 Å². The van der Waals surface area contributed by atoms with Crippen molar-refractivity contribution in [1.82, 2.24) is 14.8 Å². The molecule has 0 saturated carbocycles. The predicted octanol–water partition coefficient (Wildman–Crippen LogP) is 0.827. The van der Waals surface area contributed by atoms with E-state index in [4.69, 9.17) is 4.52 Å². The maximum atomic E-state index is 12.3. The van der Waals surface area contributed by atoms with E-state index in [2.05, 4.69) is 9.88 Å². The molecule has 1 atom stereocenters. The van der Waals surface area contributed by atoms with Crippen LogP contribution in [0.3, 0.4) is 0 Å². The molecule has 0 aliphatic carbocycles. The van der Waals surface area contributed by atoms with E-state index in [-0.39, 0.29) is 35.1 Å². The first-order chi connectivity index (χ1) is 9.72. The summed E-state index contributed by atoms with van der Waals surface area (Å²) in [5.74, 6) is 0.341. The molecular formula is C13H21N3O4S. The molecule has 1 N–H and O–H groups in total. The van der Waals surface area contributed by atoms with E-state index in [0.717, 1.165) is 0 Å². The van der Waals surface area contributed by atoms with Crippen LogP contribution in [-0.4, -0.2) is 43.5 Å². The highest BCUT2D eigenvalue weighted by Crippen LogP contribution is 2.22. The van der Waals surface area contributed by atoms with Crippen molar-refractivity contribution in [2.45, 2.75) is 45.1 Å². The second kappa shape index (κ2) is 5.76. The summed E-state index contributed by atoms with van der Waals surface area (Å²) in [7, 11) is -3.66. The van der Waals surface area contributed by atoms with E-state index in [1.807, 2.05) is 13.8 Å². The van der Waals surface area contributed by atoms with Gasteiger partial charge in [0.2, 0.25) is 15.9 Å². The predicted molar refractivity (Wildman–Crippen MR) is 76.1 cm³/mol. The van der Waals surface area contributed by atoms with Gasteiger partial charge in [-0.15, -0.1) is 0 Å². The number of amides is 1. The molecule has 1 fully saturated rings. The van der Waals surface area contributed by atoms with Gasteiger partial charge in [-0.1, -0.05) is 5.16 Å². The quantitative estimate of drug-likeness (QED) is 0.868. The fourth-order valence-electron chi connectivity index (χ4n) is 2.60. The number of rotatable bonds is 5. The Bertz CT molecular complexity index is 616. The van der Waals surface area contributed by atoms with Crippen molar-refractivity contribution in [1.29, 1.82) is 0 Å². The lowest BCUT2D eigenvalue weighted by atomic mass is 10.1. The van der Waals surface area contributed by atoms with Crippen molar-refractivity contribution in [3.05, 3.63) is 11.5 Å². The van der Waals surface area contributed by atoms with Gasteiger partial charge >= 0.3 is 0 Å². The monoisotopic (exact) mass is 315 g/mol. The standard InChI is InChI=1S/C13H21N3O4S/c1-8(2)16-7-11(5-12(16)17)6-14-21(18,19)13-9(3)15-20-10(13)4/h8,11,14H,5-7H2,1-4H3. The third-order valence-corrected chi connectivity index (χ3v) is 5.33. The van der Waals surface area contributed by atoms with Crippen LogP contribution in [0.2, 0.25) is 0 Å². The first-order valence-electron chi connectivity index (χ1n) is 6.94. The highest BCUT2D eigenvalue weighted by atomic mass is 32.2. The van der Waals surface area contributed by atoms with E-state index >= 15 is 0 Å². The minimum Gasteiger partial charge on any atom is -0.360 e. The summed E-state index contributed by atoms with van der Waals surface area (Å²) in [6, 6.07) is 0.140. The normalized spacial score (nSPS) is 19.8. The number of aryl methyl sites for hydroxylation is 2. The first kappa shape index (κ1) is 16.0. The molecule has 2 rings (SSSR count). The number of carbonyl (C=O) groups excluding carboxylic acids is 1. The summed E-state index contributed by atoms with van der Waals surface area (Å²) >= 11 is 0. The molecule has 2 heterocycles. The molecule has 0 radical (unpaired) electrons. The summed E-state index contributed by atoms with van der Waals surface area (Å²) in [5, 5.41) is 3.65. The zero-order valence-corrected chi connectivity index (χ0v) is 13.5. The summed E-state index contributed by atoms with van der Waals surface area (Å²) in [6.45, 7) is 7.88. The van der Waals surface area contributed by atoms with Gasteiger partial charge in [0.15, 0.2) is 5.76 Å². The highest BCUT2D eigenvalue weighted by molar-refractivity contribution is 7.89. The van der Waals surface area contributed by atoms with Gasteiger partial charge in [-0.05, 0) is 33.6 Å². The van der Waals surface area contributed by atoms with Crippen molar-refractivity contribution in [3.8, 4) is 0 Å². The van der Waals surface area contributed by atoms with Crippen LogP contribution in [0.15, 0.2) is 9.42 Å². The van der Waals surface area contributed by atoms with Crippen LogP contribution >= 0.6 is 0 Å². The molecule has 1 aromatic rings. The Kier molecular flexibility index (Phi) is 4.38. The molecule has 1 unspecified atom stereocenters. The van der Waals surface area contributed by atoms with E-state index in [1.165, 1.54) is 0 Å². The highest BCUT2D eigenvalue weighted by Gasteiger charge is 2.32. The molecule has 0 bridgehead atoms. The lowest BCUT2D eigenvalue weighted by Gasteiger charge is -2.21. The van der Waals surface area contributed by atoms with Gasteiger partial charge in [-0.2, -0.15) is 0 Å². The van der Waals surface area contributed by atoms with Gasteiger partial charge in [0.25, 0.3) is 0 Å². The smallest absolute Gasteiger partial charge is 0.245 e. The Morgan fingerprint density at radius 2 is 2.10 bits per heavy atom. The zero-order chi connectivity index (χ0) is 15.8. The Morgan fingerprint density at radius 1 is 1.43 bits per heavy atom. The van der Waals surface area contributed by atoms with E-state index in [0.29, 0.717) is 18.7 Å². The zero-order valence-electron chi connectivity index (χ0n) is 12.7. The van der Waals surface area contributed by atoms with E-state index in [9.17, 15) is 13.2 Å². The minimum absolute atomic E-state index is 0.00449. The number of nitrogens with zero attached hydrogens (tertiary/aromatic N) is 2. The molecule has 1 aliphatic heterocycles. The topological polar surface area (TPSA) is 92.5 Å². The number of carbonyl (C=O) groups is 1. The number of hydrogen-bond acceptors (Lipinski definition) is 5. The lowest BCUT2D eigenvalue weighted by Crippen LogP contribution is -2.34. The van der Waals surface area contributed by atoms with Gasteiger partial charge in [0.05, 0.1) is 0 Å². The Morgan fingerprint density at radius 3 is 2.57 bits per heavy atom. The second-order valence-electron chi connectivity index (χ2n) is 5.72. The van der Waals surface area contributed by atoms with Crippen LogP contribution in [0.4, 0.5) is 0 Å². The minimum atomic E-state index is -3.66. The van der Waals surface area contributed by atoms with Crippen LogP contribution in [0, 0.1) is 19.8 Å². The van der Waals surface area contributed by atoms with Gasteiger partial charge in [0.1, 0.15) is 10.6 Å². The van der Waals surface area contributed by atoms with Crippen LogP contribution < -0.4 is 4.72 Å². The van der Waals surface area contributed by atoms with E-state index < -0.39 is 10.0 Å². The van der Waals surface area contributed by atoms with Crippen molar-refractivity contribution in [3.63, 3.8) is 0 Å². The fraction of sp³-hybridized carbons (Fsp3) is 0.692. The average Bonchev–Trinajstić information content (AvgIpc) is 2.91. The lowest BCUT2D eigenvalue weighted by molar-refractivity contribution is -0.129. The summed E-state index contributed by atoms with van der Waals surface area (Å²) in [5.41, 5.74) is 0.339. The van der Waals surface area contributed by atoms with Gasteiger partial charge in [0, 0.05) is 25.6 Å². The molecule has 21 heavy (non-hydrogen) atoms. The molecule has 1 aromatic heterocycles. The van der Waals surface area contributed by atoms with Crippen LogP contribution in [0.1, 0.15) is 31.7 Å².